The number of anilines is 2. The standard InChI is InChI=1S/C16H17ClN4O3S/c1-10-9-25-16(24)21(10)8-15(23)19-11-2-3-13(12(17)6-11)20-5-4-18-14(22)7-20/h2-3,6,9H,4-5,7-8H2,1H3,(H,18,22)(H,19,23). The zero-order valence-electron chi connectivity index (χ0n) is 13.5. The van der Waals surface area contributed by atoms with Gasteiger partial charge in [-0.3, -0.25) is 19.0 Å². The summed E-state index contributed by atoms with van der Waals surface area (Å²) in [6, 6.07) is 5.15. The lowest BCUT2D eigenvalue weighted by molar-refractivity contribution is -0.120. The summed E-state index contributed by atoms with van der Waals surface area (Å²) in [5.74, 6) is -0.346. The molecule has 1 aliphatic rings. The third-order valence-electron chi connectivity index (χ3n) is 3.89. The first-order chi connectivity index (χ1) is 11.9. The summed E-state index contributed by atoms with van der Waals surface area (Å²) in [6.07, 6.45) is 0. The fraction of sp³-hybridized carbons (Fsp3) is 0.312. The van der Waals surface area contributed by atoms with Gasteiger partial charge in [-0.1, -0.05) is 22.9 Å². The molecule has 0 radical (unpaired) electrons. The Balaban J connectivity index is 1.69. The van der Waals surface area contributed by atoms with Gasteiger partial charge in [-0.25, -0.2) is 0 Å². The van der Waals surface area contributed by atoms with Crippen molar-refractivity contribution < 1.29 is 9.59 Å². The van der Waals surface area contributed by atoms with Crippen LogP contribution in [-0.2, 0) is 16.1 Å². The number of hydrogen-bond acceptors (Lipinski definition) is 5. The lowest BCUT2D eigenvalue weighted by Gasteiger charge is -2.29. The van der Waals surface area contributed by atoms with Gasteiger partial charge in [0.25, 0.3) is 0 Å². The quantitative estimate of drug-likeness (QED) is 0.840. The van der Waals surface area contributed by atoms with Crippen molar-refractivity contribution >= 4 is 46.1 Å². The summed E-state index contributed by atoms with van der Waals surface area (Å²) in [4.78, 5) is 37.0. The largest absolute Gasteiger partial charge is 0.359 e. The van der Waals surface area contributed by atoms with Crippen LogP contribution in [0.5, 0.6) is 0 Å². The van der Waals surface area contributed by atoms with Gasteiger partial charge in [0.1, 0.15) is 6.54 Å². The molecule has 132 valence electrons. The predicted molar refractivity (Wildman–Crippen MR) is 98.6 cm³/mol. The van der Waals surface area contributed by atoms with Gasteiger partial charge < -0.3 is 15.5 Å². The minimum absolute atomic E-state index is 0.0418. The number of piperazine rings is 1. The Morgan fingerprint density at radius 1 is 1.40 bits per heavy atom. The molecular formula is C16H17ClN4O3S. The van der Waals surface area contributed by atoms with E-state index < -0.39 is 0 Å². The van der Waals surface area contributed by atoms with E-state index in [9.17, 15) is 14.4 Å². The monoisotopic (exact) mass is 380 g/mol. The molecule has 0 atom stereocenters. The minimum atomic E-state index is -0.301. The molecule has 2 aromatic rings. The van der Waals surface area contributed by atoms with Crippen LogP contribution in [0.25, 0.3) is 0 Å². The van der Waals surface area contributed by atoms with Gasteiger partial charge in [-0.05, 0) is 25.1 Å². The van der Waals surface area contributed by atoms with E-state index in [0.717, 1.165) is 22.7 Å². The molecule has 0 bridgehead atoms. The number of thiazole rings is 1. The first-order valence-electron chi connectivity index (χ1n) is 7.70. The van der Waals surface area contributed by atoms with Gasteiger partial charge in [-0.2, -0.15) is 0 Å². The van der Waals surface area contributed by atoms with E-state index >= 15 is 0 Å². The number of aromatic nitrogens is 1. The number of aryl methyl sites for hydroxylation is 1. The maximum absolute atomic E-state index is 12.2. The Labute approximate surface area is 153 Å². The molecule has 1 fully saturated rings. The molecule has 3 rings (SSSR count). The first kappa shape index (κ1) is 17.5. The molecule has 0 spiro atoms. The van der Waals surface area contributed by atoms with Gasteiger partial charge >= 0.3 is 4.87 Å². The molecule has 2 amide bonds. The third-order valence-corrected chi connectivity index (χ3v) is 5.07. The molecule has 7 nitrogen and oxygen atoms in total. The van der Waals surface area contributed by atoms with E-state index in [2.05, 4.69) is 10.6 Å². The summed E-state index contributed by atoms with van der Waals surface area (Å²) in [7, 11) is 0. The number of amides is 2. The van der Waals surface area contributed by atoms with Gasteiger partial charge in [-0.15, -0.1) is 0 Å². The zero-order chi connectivity index (χ0) is 18.0. The van der Waals surface area contributed by atoms with Crippen molar-refractivity contribution in [3.05, 3.63) is 44.0 Å². The zero-order valence-corrected chi connectivity index (χ0v) is 15.1. The summed E-state index contributed by atoms with van der Waals surface area (Å²) in [6.45, 7) is 3.25. The fourth-order valence-electron chi connectivity index (χ4n) is 2.63. The molecule has 1 saturated heterocycles. The normalized spacial score (nSPS) is 14.3. The Morgan fingerprint density at radius 2 is 2.20 bits per heavy atom. The number of rotatable bonds is 4. The SMILES string of the molecule is Cc1csc(=O)n1CC(=O)Nc1ccc(N2CCNC(=O)C2)c(Cl)c1. The number of nitrogens with zero attached hydrogens (tertiary/aromatic N) is 2. The predicted octanol–water partition coefficient (Wildman–Crippen LogP) is 1.45. The van der Waals surface area contributed by atoms with E-state index in [1.54, 1.807) is 30.5 Å². The topological polar surface area (TPSA) is 83.4 Å². The Kier molecular flexibility index (Phi) is 5.10. The van der Waals surface area contributed by atoms with Crippen molar-refractivity contribution in [1.82, 2.24) is 9.88 Å². The Morgan fingerprint density at radius 3 is 2.84 bits per heavy atom. The van der Waals surface area contributed by atoms with Crippen LogP contribution in [0.1, 0.15) is 5.69 Å². The number of nitrogens with one attached hydrogen (secondary N) is 2. The van der Waals surface area contributed by atoms with Gasteiger partial charge in [0.2, 0.25) is 11.8 Å². The molecule has 0 unspecified atom stereocenters. The minimum Gasteiger partial charge on any atom is -0.359 e. The van der Waals surface area contributed by atoms with Crippen molar-refractivity contribution in [2.45, 2.75) is 13.5 Å². The average molecular weight is 381 g/mol. The summed E-state index contributed by atoms with van der Waals surface area (Å²) < 4.78 is 1.42. The number of halogens is 1. The Hall–Kier alpha value is -2.32. The van der Waals surface area contributed by atoms with E-state index in [1.807, 2.05) is 4.90 Å². The maximum Gasteiger partial charge on any atom is 0.307 e. The molecular weight excluding hydrogens is 364 g/mol. The van der Waals surface area contributed by atoms with Crippen molar-refractivity contribution in [3.63, 3.8) is 0 Å². The van der Waals surface area contributed by atoms with Crippen LogP contribution in [0.3, 0.4) is 0 Å². The average Bonchev–Trinajstić information content (AvgIpc) is 2.87. The van der Waals surface area contributed by atoms with Crippen molar-refractivity contribution in [1.29, 1.82) is 0 Å². The first-order valence-corrected chi connectivity index (χ1v) is 8.96. The van der Waals surface area contributed by atoms with Crippen LogP contribution >= 0.6 is 22.9 Å². The number of carbonyl (C=O) groups is 2. The molecule has 1 aromatic carbocycles. The second-order valence-electron chi connectivity index (χ2n) is 5.72. The van der Waals surface area contributed by atoms with Crippen LogP contribution in [0.2, 0.25) is 5.02 Å². The highest BCUT2D eigenvalue weighted by molar-refractivity contribution is 7.07. The molecule has 9 heteroatoms. The number of hydrogen-bond donors (Lipinski definition) is 2. The molecule has 1 aromatic heterocycles. The van der Waals surface area contributed by atoms with Crippen molar-refractivity contribution in [2.24, 2.45) is 0 Å². The summed E-state index contributed by atoms with van der Waals surface area (Å²) in [5, 5.41) is 7.67. The fourth-order valence-corrected chi connectivity index (χ4v) is 3.66. The number of benzene rings is 1. The summed E-state index contributed by atoms with van der Waals surface area (Å²) in [5.41, 5.74) is 2.04. The summed E-state index contributed by atoms with van der Waals surface area (Å²) >= 11 is 7.38. The van der Waals surface area contributed by atoms with Crippen LogP contribution < -0.4 is 20.4 Å². The van der Waals surface area contributed by atoms with Crippen molar-refractivity contribution in [3.8, 4) is 0 Å². The van der Waals surface area contributed by atoms with Crippen LogP contribution in [0.4, 0.5) is 11.4 Å². The molecule has 25 heavy (non-hydrogen) atoms. The van der Waals surface area contributed by atoms with Crippen LogP contribution in [0.15, 0.2) is 28.4 Å². The second-order valence-corrected chi connectivity index (χ2v) is 6.94. The lowest BCUT2D eigenvalue weighted by Crippen LogP contribution is -2.47. The molecule has 0 saturated carbocycles. The molecule has 2 heterocycles. The second kappa shape index (κ2) is 7.28. The highest BCUT2D eigenvalue weighted by atomic mass is 35.5. The Bertz CT molecular complexity index is 877. The third kappa shape index (κ3) is 4.02. The highest BCUT2D eigenvalue weighted by Crippen LogP contribution is 2.29. The smallest absolute Gasteiger partial charge is 0.307 e. The number of carbonyl (C=O) groups excluding carboxylic acids is 2. The van der Waals surface area contributed by atoms with Gasteiger partial charge in [0.15, 0.2) is 0 Å². The molecule has 2 N–H and O–H groups in total. The van der Waals surface area contributed by atoms with Crippen LogP contribution in [0, 0.1) is 6.92 Å². The van der Waals surface area contributed by atoms with Crippen LogP contribution in [-0.4, -0.2) is 36.0 Å². The lowest BCUT2D eigenvalue weighted by atomic mass is 10.2. The van der Waals surface area contributed by atoms with E-state index in [-0.39, 0.29) is 29.8 Å². The van der Waals surface area contributed by atoms with E-state index in [0.29, 0.717) is 23.8 Å². The van der Waals surface area contributed by atoms with E-state index in [1.165, 1.54) is 4.57 Å². The van der Waals surface area contributed by atoms with Gasteiger partial charge in [0, 0.05) is 29.9 Å². The van der Waals surface area contributed by atoms with Crippen molar-refractivity contribution in [2.75, 3.05) is 29.9 Å². The van der Waals surface area contributed by atoms with E-state index in [4.69, 9.17) is 11.6 Å². The maximum atomic E-state index is 12.2. The molecule has 1 aliphatic heterocycles. The highest BCUT2D eigenvalue weighted by Gasteiger charge is 2.19. The van der Waals surface area contributed by atoms with Gasteiger partial charge in [0.05, 0.1) is 17.3 Å². The molecule has 0 aliphatic carbocycles.